The predicted octanol–water partition coefficient (Wildman–Crippen LogP) is 2.55. The number of nitrogens with zero attached hydrogens (tertiary/aromatic N) is 2. The molecule has 106 valence electrons. The Morgan fingerprint density at radius 2 is 2.00 bits per heavy atom. The van der Waals surface area contributed by atoms with E-state index in [-0.39, 0.29) is 5.91 Å². The van der Waals surface area contributed by atoms with Crippen LogP contribution < -0.4 is 5.32 Å². The van der Waals surface area contributed by atoms with Crippen LogP contribution in [0, 0.1) is 0 Å². The molecule has 1 aromatic carbocycles. The molecule has 0 fully saturated rings. The number of nitrogens with one attached hydrogen (secondary N) is 1. The zero-order valence-electron chi connectivity index (χ0n) is 11.9. The number of fused-ring (bicyclic) bond motifs is 1. The summed E-state index contributed by atoms with van der Waals surface area (Å²) in [4.78, 5) is 16.0. The summed E-state index contributed by atoms with van der Waals surface area (Å²) in [5, 5.41) is 4.15. The zero-order chi connectivity index (χ0) is 14.7. The first-order valence-corrected chi connectivity index (χ1v) is 6.98. The highest BCUT2D eigenvalue weighted by atomic mass is 16.1. The van der Waals surface area contributed by atoms with Crippen molar-refractivity contribution >= 4 is 16.8 Å². The number of para-hydroxylation sites is 1. The summed E-state index contributed by atoms with van der Waals surface area (Å²) in [7, 11) is 2.04. The van der Waals surface area contributed by atoms with Crippen molar-refractivity contribution in [1.29, 1.82) is 0 Å². The molecule has 0 saturated heterocycles. The summed E-state index contributed by atoms with van der Waals surface area (Å²) in [6.07, 6.45) is 4.55. The lowest BCUT2D eigenvalue weighted by Crippen LogP contribution is -2.26. The largest absolute Gasteiger partial charge is 0.350 e. The van der Waals surface area contributed by atoms with Crippen LogP contribution in [0.15, 0.2) is 54.9 Å². The number of carbonyl (C=O) groups is 1. The minimum Gasteiger partial charge on any atom is -0.350 e. The standard InChI is InChI=1S/C17H17N3O/c1-20-12-13(14-6-2-3-8-16(14)20)9-11-19-17(21)15-7-4-5-10-18-15/h2-8,10,12H,9,11H2,1H3,(H,19,21). The molecule has 0 unspecified atom stereocenters. The molecule has 3 rings (SSSR count). The van der Waals surface area contributed by atoms with Crippen LogP contribution in [-0.4, -0.2) is 22.0 Å². The van der Waals surface area contributed by atoms with Crippen LogP contribution in [0.1, 0.15) is 16.1 Å². The molecule has 0 radical (unpaired) electrons. The van der Waals surface area contributed by atoms with Gasteiger partial charge >= 0.3 is 0 Å². The van der Waals surface area contributed by atoms with Crippen molar-refractivity contribution in [3.8, 4) is 0 Å². The van der Waals surface area contributed by atoms with Crippen LogP contribution >= 0.6 is 0 Å². The van der Waals surface area contributed by atoms with Gasteiger partial charge in [-0.3, -0.25) is 9.78 Å². The van der Waals surface area contributed by atoms with Gasteiger partial charge in [-0.1, -0.05) is 24.3 Å². The Hall–Kier alpha value is -2.62. The molecule has 0 atom stereocenters. The van der Waals surface area contributed by atoms with E-state index in [1.807, 2.05) is 25.2 Å². The zero-order valence-corrected chi connectivity index (χ0v) is 11.9. The summed E-state index contributed by atoms with van der Waals surface area (Å²) < 4.78 is 2.12. The number of rotatable bonds is 4. The Labute approximate surface area is 123 Å². The Balaban J connectivity index is 1.66. The molecule has 0 aliphatic heterocycles. The van der Waals surface area contributed by atoms with Crippen LogP contribution in [0.3, 0.4) is 0 Å². The Morgan fingerprint density at radius 1 is 1.19 bits per heavy atom. The van der Waals surface area contributed by atoms with Crippen LogP contribution in [0.25, 0.3) is 10.9 Å². The summed E-state index contributed by atoms with van der Waals surface area (Å²) in [5.74, 6) is -0.129. The maximum Gasteiger partial charge on any atom is 0.269 e. The average molecular weight is 279 g/mol. The normalized spacial score (nSPS) is 10.7. The number of hydrogen-bond donors (Lipinski definition) is 1. The van der Waals surface area contributed by atoms with Crippen molar-refractivity contribution in [2.24, 2.45) is 7.05 Å². The molecule has 0 saturated carbocycles. The number of hydrogen-bond acceptors (Lipinski definition) is 2. The van der Waals surface area contributed by atoms with E-state index in [1.165, 1.54) is 16.5 Å². The van der Waals surface area contributed by atoms with Crippen molar-refractivity contribution in [3.05, 3.63) is 66.1 Å². The highest BCUT2D eigenvalue weighted by Crippen LogP contribution is 2.20. The maximum atomic E-state index is 11.9. The predicted molar refractivity (Wildman–Crippen MR) is 83.2 cm³/mol. The van der Waals surface area contributed by atoms with Crippen molar-refractivity contribution in [2.75, 3.05) is 6.54 Å². The number of aryl methyl sites for hydroxylation is 1. The lowest BCUT2D eigenvalue weighted by molar-refractivity contribution is 0.0949. The molecule has 1 N–H and O–H groups in total. The monoisotopic (exact) mass is 279 g/mol. The third-order valence-corrected chi connectivity index (χ3v) is 3.56. The lowest BCUT2D eigenvalue weighted by Gasteiger charge is -2.04. The van der Waals surface area contributed by atoms with Gasteiger partial charge in [-0.2, -0.15) is 0 Å². The lowest BCUT2D eigenvalue weighted by atomic mass is 10.1. The molecule has 0 aliphatic rings. The molecule has 0 spiro atoms. The van der Waals surface area contributed by atoms with E-state index in [2.05, 4.69) is 33.2 Å². The number of pyridine rings is 1. The summed E-state index contributed by atoms with van der Waals surface area (Å²) in [6, 6.07) is 13.6. The number of aromatic nitrogens is 2. The van der Waals surface area contributed by atoms with Gasteiger partial charge in [0.15, 0.2) is 0 Å². The first-order chi connectivity index (χ1) is 10.3. The van der Waals surface area contributed by atoms with E-state index >= 15 is 0 Å². The van der Waals surface area contributed by atoms with Crippen LogP contribution in [0.2, 0.25) is 0 Å². The van der Waals surface area contributed by atoms with E-state index in [0.29, 0.717) is 12.2 Å². The van der Waals surface area contributed by atoms with E-state index in [1.54, 1.807) is 18.3 Å². The minimum atomic E-state index is -0.129. The van der Waals surface area contributed by atoms with Gasteiger partial charge in [0.1, 0.15) is 5.69 Å². The summed E-state index contributed by atoms with van der Waals surface area (Å²) >= 11 is 0. The third-order valence-electron chi connectivity index (χ3n) is 3.56. The summed E-state index contributed by atoms with van der Waals surface area (Å²) in [5.41, 5.74) is 2.91. The van der Waals surface area contributed by atoms with Crippen molar-refractivity contribution in [2.45, 2.75) is 6.42 Å². The van der Waals surface area contributed by atoms with Crippen molar-refractivity contribution < 1.29 is 4.79 Å². The van der Waals surface area contributed by atoms with Gasteiger partial charge in [0.2, 0.25) is 0 Å². The Bertz CT molecular complexity index is 762. The fraction of sp³-hybridized carbons (Fsp3) is 0.176. The third kappa shape index (κ3) is 2.79. The molecular formula is C17H17N3O. The minimum absolute atomic E-state index is 0.129. The topological polar surface area (TPSA) is 46.9 Å². The molecule has 0 aliphatic carbocycles. The van der Waals surface area contributed by atoms with Gasteiger partial charge in [-0.25, -0.2) is 0 Å². The quantitative estimate of drug-likeness (QED) is 0.798. The van der Waals surface area contributed by atoms with Gasteiger partial charge in [-0.15, -0.1) is 0 Å². The van der Waals surface area contributed by atoms with Crippen molar-refractivity contribution in [3.63, 3.8) is 0 Å². The van der Waals surface area contributed by atoms with Gasteiger partial charge < -0.3 is 9.88 Å². The van der Waals surface area contributed by atoms with E-state index in [0.717, 1.165) is 6.42 Å². The molecule has 3 aromatic rings. The molecule has 21 heavy (non-hydrogen) atoms. The first kappa shape index (κ1) is 13.4. The van der Waals surface area contributed by atoms with Crippen LogP contribution in [0.5, 0.6) is 0 Å². The molecule has 2 aromatic heterocycles. The number of carbonyl (C=O) groups excluding carboxylic acids is 1. The Kier molecular flexibility index (Phi) is 3.69. The van der Waals surface area contributed by atoms with Gasteiger partial charge in [-0.05, 0) is 30.2 Å². The van der Waals surface area contributed by atoms with Gasteiger partial charge in [0, 0.05) is 36.9 Å². The smallest absolute Gasteiger partial charge is 0.269 e. The highest BCUT2D eigenvalue weighted by molar-refractivity contribution is 5.92. The molecule has 1 amide bonds. The number of amides is 1. The Morgan fingerprint density at radius 3 is 2.81 bits per heavy atom. The first-order valence-electron chi connectivity index (χ1n) is 6.98. The van der Waals surface area contributed by atoms with Crippen molar-refractivity contribution in [1.82, 2.24) is 14.9 Å². The molecule has 4 nitrogen and oxygen atoms in total. The molecule has 4 heteroatoms. The van der Waals surface area contributed by atoms with E-state index in [4.69, 9.17) is 0 Å². The second kappa shape index (κ2) is 5.79. The fourth-order valence-corrected chi connectivity index (χ4v) is 2.52. The van der Waals surface area contributed by atoms with Gasteiger partial charge in [0.05, 0.1) is 0 Å². The van der Waals surface area contributed by atoms with E-state index in [9.17, 15) is 4.79 Å². The van der Waals surface area contributed by atoms with Crippen LogP contribution in [-0.2, 0) is 13.5 Å². The van der Waals surface area contributed by atoms with E-state index < -0.39 is 0 Å². The SMILES string of the molecule is Cn1cc(CCNC(=O)c2ccccn2)c2ccccc21. The average Bonchev–Trinajstić information content (AvgIpc) is 2.85. The fourth-order valence-electron chi connectivity index (χ4n) is 2.52. The number of benzene rings is 1. The summed E-state index contributed by atoms with van der Waals surface area (Å²) in [6.45, 7) is 0.601. The maximum absolute atomic E-state index is 11.9. The van der Waals surface area contributed by atoms with Gasteiger partial charge in [0.25, 0.3) is 5.91 Å². The molecule has 2 heterocycles. The molecule has 0 bridgehead atoms. The highest BCUT2D eigenvalue weighted by Gasteiger charge is 2.08. The molecular weight excluding hydrogens is 262 g/mol. The van der Waals surface area contributed by atoms with Crippen LogP contribution in [0.4, 0.5) is 0 Å². The second-order valence-electron chi connectivity index (χ2n) is 5.00. The second-order valence-corrected chi connectivity index (χ2v) is 5.00.